The highest BCUT2D eigenvalue weighted by Crippen LogP contribution is 1.94. The van der Waals surface area contributed by atoms with E-state index < -0.39 is 5.56 Å². The van der Waals surface area contributed by atoms with E-state index in [-0.39, 0.29) is 17.1 Å². The predicted molar refractivity (Wildman–Crippen MR) is 82.0 cm³/mol. The van der Waals surface area contributed by atoms with Gasteiger partial charge in [-0.2, -0.15) is 0 Å². The molecule has 0 bridgehead atoms. The molecule has 0 spiro atoms. The second-order valence-corrected chi connectivity index (χ2v) is 3.19. The van der Waals surface area contributed by atoms with Crippen molar-refractivity contribution >= 4 is 22.6 Å². The fourth-order valence-electron chi connectivity index (χ4n) is 0.996. The van der Waals surface area contributed by atoms with Gasteiger partial charge in [0.25, 0.3) is 11.1 Å². The molecule has 2 rings (SSSR count). The maximum atomic E-state index is 10.7. The smallest absolute Gasteiger partial charge is 0.292 e. The molecule has 19 heavy (non-hydrogen) atoms. The summed E-state index contributed by atoms with van der Waals surface area (Å²) in [6.07, 6.45) is 3.05. The number of hydrogen-bond acceptors (Lipinski definition) is 4. The average Bonchev–Trinajstić information content (AvgIpc) is 2.42. The number of halogens is 1. The Labute approximate surface area is 123 Å². The Morgan fingerprint density at radius 2 is 1.68 bits per heavy atom. The van der Waals surface area contributed by atoms with Crippen LogP contribution in [-0.4, -0.2) is 24.7 Å². The lowest BCUT2D eigenvalue weighted by Gasteiger charge is -1.93. The summed E-state index contributed by atoms with van der Waals surface area (Å²) in [4.78, 5) is 25.3. The molecule has 104 valence electrons. The molecule has 0 aromatic carbocycles. The SMILES string of the molecule is CI.Cn1cccc(O)c1=O.O=c1[nH]cccc1O. The summed E-state index contributed by atoms with van der Waals surface area (Å²) >= 11 is 2.15. The molecule has 0 atom stereocenters. The Balaban J connectivity index is 0.000000303. The summed E-state index contributed by atoms with van der Waals surface area (Å²) in [7, 11) is 1.59. The number of aromatic hydroxyl groups is 2. The van der Waals surface area contributed by atoms with Crippen LogP contribution in [0, 0.1) is 0 Å². The van der Waals surface area contributed by atoms with Gasteiger partial charge in [0.05, 0.1) is 0 Å². The molecular weight excluding hydrogens is 363 g/mol. The van der Waals surface area contributed by atoms with Crippen molar-refractivity contribution in [3.63, 3.8) is 0 Å². The number of nitrogens with one attached hydrogen (secondary N) is 1. The molecule has 0 aliphatic heterocycles. The molecule has 3 N–H and O–H groups in total. The summed E-state index contributed by atoms with van der Waals surface area (Å²) in [5, 5.41) is 17.3. The van der Waals surface area contributed by atoms with Gasteiger partial charge in [0, 0.05) is 19.4 Å². The highest BCUT2D eigenvalue weighted by Gasteiger charge is 1.93. The van der Waals surface area contributed by atoms with Gasteiger partial charge in [0.15, 0.2) is 11.5 Å². The highest BCUT2D eigenvalue weighted by atomic mass is 127. The number of hydrogen-bond donors (Lipinski definition) is 3. The lowest BCUT2D eigenvalue weighted by molar-refractivity contribution is 0.461. The van der Waals surface area contributed by atoms with Crippen LogP contribution in [0.2, 0.25) is 0 Å². The molecule has 0 aliphatic rings. The Morgan fingerprint density at radius 1 is 1.11 bits per heavy atom. The normalized spacial score (nSPS) is 8.58. The first kappa shape index (κ1) is 17.2. The van der Waals surface area contributed by atoms with Crippen molar-refractivity contribution in [1.29, 1.82) is 0 Å². The van der Waals surface area contributed by atoms with Crippen LogP contribution in [0.1, 0.15) is 0 Å². The molecule has 0 amide bonds. The molecule has 2 heterocycles. The number of pyridine rings is 2. The molecule has 0 aliphatic carbocycles. The summed E-state index contributed by atoms with van der Waals surface area (Å²) in [5.41, 5.74) is -0.815. The van der Waals surface area contributed by atoms with Crippen LogP contribution in [-0.2, 0) is 7.05 Å². The predicted octanol–water partition coefficient (Wildman–Crippen LogP) is 1.22. The van der Waals surface area contributed by atoms with Gasteiger partial charge in [-0.3, -0.25) is 9.59 Å². The number of aromatic amines is 1. The maximum Gasteiger partial charge on any atom is 0.292 e. The fourth-order valence-corrected chi connectivity index (χ4v) is 0.996. The van der Waals surface area contributed by atoms with Crippen LogP contribution in [0.5, 0.6) is 11.5 Å². The highest BCUT2D eigenvalue weighted by molar-refractivity contribution is 14.1. The minimum absolute atomic E-state index is 0.208. The first-order valence-corrected chi connectivity index (χ1v) is 7.27. The van der Waals surface area contributed by atoms with E-state index in [2.05, 4.69) is 27.6 Å². The summed E-state index contributed by atoms with van der Waals surface area (Å²) in [5.74, 6) is -0.451. The molecule has 7 heteroatoms. The number of alkyl halides is 1. The van der Waals surface area contributed by atoms with E-state index in [0.717, 1.165) is 0 Å². The second kappa shape index (κ2) is 9.20. The zero-order valence-corrected chi connectivity index (χ0v) is 12.7. The van der Waals surface area contributed by atoms with E-state index in [9.17, 15) is 9.59 Å². The van der Waals surface area contributed by atoms with Crippen molar-refractivity contribution in [2.24, 2.45) is 7.05 Å². The van der Waals surface area contributed by atoms with Gasteiger partial charge >= 0.3 is 0 Å². The van der Waals surface area contributed by atoms with E-state index in [1.54, 1.807) is 25.4 Å². The van der Waals surface area contributed by atoms with Gasteiger partial charge < -0.3 is 19.8 Å². The quantitative estimate of drug-likeness (QED) is 0.475. The van der Waals surface area contributed by atoms with Crippen molar-refractivity contribution in [2.45, 2.75) is 0 Å². The van der Waals surface area contributed by atoms with Crippen LogP contribution in [0.3, 0.4) is 0 Å². The minimum atomic E-state index is -0.451. The standard InChI is InChI=1S/C6H7NO2.C5H5NO2.CH3I/c1-7-4-2-3-5(8)6(7)9;7-4-2-1-3-6-5(4)8;1-2/h2-4,8H,1H3;1-3,7H,(H,6,8);1H3. The summed E-state index contributed by atoms with van der Waals surface area (Å²) in [6, 6.07) is 5.86. The van der Waals surface area contributed by atoms with Crippen molar-refractivity contribution in [3.05, 3.63) is 57.4 Å². The van der Waals surface area contributed by atoms with Crippen LogP contribution in [0.25, 0.3) is 0 Å². The monoisotopic (exact) mass is 378 g/mol. The third kappa shape index (κ3) is 6.09. The Bertz CT molecular complexity index is 584. The Kier molecular flexibility index (Phi) is 8.34. The molecule has 0 radical (unpaired) electrons. The van der Waals surface area contributed by atoms with Gasteiger partial charge in [0.1, 0.15) is 0 Å². The number of H-pyrrole nitrogens is 1. The van der Waals surface area contributed by atoms with E-state index >= 15 is 0 Å². The molecule has 0 saturated heterocycles. The van der Waals surface area contributed by atoms with E-state index in [0.29, 0.717) is 0 Å². The molecule has 0 fully saturated rings. The number of aryl methyl sites for hydroxylation is 1. The third-order valence-electron chi connectivity index (χ3n) is 1.90. The fraction of sp³-hybridized carbons (Fsp3) is 0.167. The van der Waals surface area contributed by atoms with Crippen LogP contribution >= 0.6 is 22.6 Å². The molecule has 0 unspecified atom stereocenters. The first-order chi connectivity index (χ1) is 9.02. The van der Waals surface area contributed by atoms with Crippen LogP contribution < -0.4 is 11.1 Å². The maximum absolute atomic E-state index is 10.7. The number of rotatable bonds is 0. The molecule has 2 aromatic rings. The van der Waals surface area contributed by atoms with Gasteiger partial charge in [-0.15, -0.1) is 0 Å². The van der Waals surface area contributed by atoms with Crippen molar-refractivity contribution in [1.82, 2.24) is 9.55 Å². The van der Waals surface area contributed by atoms with E-state index in [1.807, 2.05) is 4.93 Å². The third-order valence-corrected chi connectivity index (χ3v) is 1.90. The molecule has 0 saturated carbocycles. The second-order valence-electron chi connectivity index (χ2n) is 3.19. The van der Waals surface area contributed by atoms with E-state index in [4.69, 9.17) is 10.2 Å². The Hall–Kier alpha value is -1.77. The van der Waals surface area contributed by atoms with Gasteiger partial charge in [-0.1, -0.05) is 22.6 Å². The van der Waals surface area contributed by atoms with Crippen LogP contribution in [0.15, 0.2) is 46.2 Å². The van der Waals surface area contributed by atoms with Gasteiger partial charge in [0.2, 0.25) is 0 Å². The zero-order chi connectivity index (χ0) is 14.8. The lowest BCUT2D eigenvalue weighted by atomic mass is 10.4. The summed E-state index contributed by atoms with van der Waals surface area (Å²) in [6.45, 7) is 0. The number of aromatic nitrogens is 2. The molecule has 6 nitrogen and oxygen atoms in total. The van der Waals surface area contributed by atoms with Crippen molar-refractivity contribution < 1.29 is 10.2 Å². The van der Waals surface area contributed by atoms with E-state index in [1.165, 1.54) is 22.9 Å². The average molecular weight is 378 g/mol. The van der Waals surface area contributed by atoms with Gasteiger partial charge in [-0.05, 0) is 29.2 Å². The largest absolute Gasteiger partial charge is 0.503 e. The first-order valence-electron chi connectivity index (χ1n) is 5.11. The van der Waals surface area contributed by atoms with Gasteiger partial charge in [-0.25, -0.2) is 0 Å². The van der Waals surface area contributed by atoms with Crippen molar-refractivity contribution in [3.8, 4) is 11.5 Å². The number of nitrogens with zero attached hydrogens (tertiary/aromatic N) is 1. The topological polar surface area (TPSA) is 95.3 Å². The zero-order valence-electron chi connectivity index (χ0n) is 10.5. The van der Waals surface area contributed by atoms with Crippen LogP contribution in [0.4, 0.5) is 0 Å². The summed E-state index contributed by atoms with van der Waals surface area (Å²) < 4.78 is 1.31. The van der Waals surface area contributed by atoms with Crippen molar-refractivity contribution in [2.75, 3.05) is 4.93 Å². The lowest BCUT2D eigenvalue weighted by Crippen LogP contribution is -2.13. The molecule has 2 aromatic heterocycles. The Morgan fingerprint density at radius 3 is 2.05 bits per heavy atom. The minimum Gasteiger partial charge on any atom is -0.503 e. The molecular formula is C12H15IN2O4.